The van der Waals surface area contributed by atoms with Crippen molar-refractivity contribution in [1.82, 2.24) is 0 Å². The van der Waals surface area contributed by atoms with Gasteiger partial charge in [0.2, 0.25) is 0 Å². The third-order valence-electron chi connectivity index (χ3n) is 3.09. The van der Waals surface area contributed by atoms with Crippen molar-refractivity contribution in [3.63, 3.8) is 0 Å². The van der Waals surface area contributed by atoms with Crippen LogP contribution in [0.4, 0.5) is 0 Å². The molecule has 0 atom stereocenters. The fraction of sp³-hybridized carbons (Fsp3) is 0.438. The smallest absolute Gasteiger partial charge is 0.146 e. The molecule has 1 heteroatoms. The molecular weight excluding hydrogens is 208 g/mol. The van der Waals surface area contributed by atoms with Crippen LogP contribution in [0.2, 0.25) is 0 Å². The second-order valence-corrected chi connectivity index (χ2v) is 4.37. The molecule has 0 saturated heterocycles. The van der Waals surface area contributed by atoms with Crippen LogP contribution in [0.3, 0.4) is 0 Å². The van der Waals surface area contributed by atoms with Crippen LogP contribution in [0.25, 0.3) is 0 Å². The average Bonchev–Trinajstić information content (AvgIpc) is 2.39. The lowest BCUT2D eigenvalue weighted by Crippen LogP contribution is -1.98. The van der Waals surface area contributed by atoms with Gasteiger partial charge in [0, 0.05) is 6.42 Å². The van der Waals surface area contributed by atoms with E-state index < -0.39 is 0 Å². The van der Waals surface area contributed by atoms with Crippen molar-refractivity contribution in [3.05, 3.63) is 47.0 Å². The largest absolute Gasteiger partial charge is 0.298 e. The van der Waals surface area contributed by atoms with Crippen molar-refractivity contribution in [1.29, 1.82) is 0 Å². The van der Waals surface area contributed by atoms with Crippen LogP contribution >= 0.6 is 0 Å². The van der Waals surface area contributed by atoms with E-state index in [2.05, 4.69) is 26.0 Å². The Balaban J connectivity index is 2.80. The highest BCUT2D eigenvalue weighted by Gasteiger charge is 2.05. The third kappa shape index (κ3) is 4.56. The summed E-state index contributed by atoms with van der Waals surface area (Å²) >= 11 is 0. The summed E-state index contributed by atoms with van der Waals surface area (Å²) in [4.78, 5) is 11.2. The SMILES string of the molecule is CCCC/C(CC)=C(\C=O)Cc1ccccc1. The van der Waals surface area contributed by atoms with E-state index in [0.717, 1.165) is 31.1 Å². The monoisotopic (exact) mass is 230 g/mol. The van der Waals surface area contributed by atoms with Crippen molar-refractivity contribution in [2.75, 3.05) is 0 Å². The van der Waals surface area contributed by atoms with Gasteiger partial charge in [0.05, 0.1) is 0 Å². The van der Waals surface area contributed by atoms with Crippen LogP contribution in [0.5, 0.6) is 0 Å². The van der Waals surface area contributed by atoms with Gasteiger partial charge >= 0.3 is 0 Å². The van der Waals surface area contributed by atoms with Crippen LogP contribution in [0, 0.1) is 0 Å². The van der Waals surface area contributed by atoms with Gasteiger partial charge in [0.25, 0.3) is 0 Å². The first-order chi connectivity index (χ1) is 8.31. The molecular formula is C16H22O. The fourth-order valence-electron chi connectivity index (χ4n) is 2.02. The Bertz CT molecular complexity index is 362. The van der Waals surface area contributed by atoms with Gasteiger partial charge in [-0.1, -0.05) is 56.2 Å². The number of carbonyl (C=O) groups excluding carboxylic acids is 1. The van der Waals surface area contributed by atoms with Crippen LogP contribution in [-0.2, 0) is 11.2 Å². The first-order valence-electron chi connectivity index (χ1n) is 6.51. The summed E-state index contributed by atoms with van der Waals surface area (Å²) in [7, 11) is 0. The normalized spacial score (nSPS) is 12.1. The van der Waals surface area contributed by atoms with Crippen LogP contribution in [0.15, 0.2) is 41.5 Å². The van der Waals surface area contributed by atoms with Crippen molar-refractivity contribution >= 4 is 6.29 Å². The summed E-state index contributed by atoms with van der Waals surface area (Å²) < 4.78 is 0. The highest BCUT2D eigenvalue weighted by atomic mass is 16.1. The van der Waals surface area contributed by atoms with Gasteiger partial charge in [-0.05, 0) is 30.4 Å². The number of benzene rings is 1. The van der Waals surface area contributed by atoms with Crippen LogP contribution in [-0.4, -0.2) is 6.29 Å². The molecule has 0 amide bonds. The van der Waals surface area contributed by atoms with E-state index in [1.165, 1.54) is 24.0 Å². The molecule has 0 radical (unpaired) electrons. The molecule has 0 unspecified atom stereocenters. The van der Waals surface area contributed by atoms with Gasteiger partial charge in [0.15, 0.2) is 0 Å². The van der Waals surface area contributed by atoms with Crippen molar-refractivity contribution < 1.29 is 4.79 Å². The molecule has 0 fully saturated rings. The van der Waals surface area contributed by atoms with Gasteiger partial charge in [-0.15, -0.1) is 0 Å². The van der Waals surface area contributed by atoms with Gasteiger partial charge in [-0.2, -0.15) is 0 Å². The molecule has 0 N–H and O–H groups in total. The van der Waals surface area contributed by atoms with Gasteiger partial charge < -0.3 is 0 Å². The summed E-state index contributed by atoms with van der Waals surface area (Å²) in [5.74, 6) is 0. The van der Waals surface area contributed by atoms with E-state index >= 15 is 0 Å². The number of allylic oxidation sites excluding steroid dienone is 2. The highest BCUT2D eigenvalue weighted by Crippen LogP contribution is 2.18. The van der Waals surface area contributed by atoms with E-state index in [1.54, 1.807) is 0 Å². The molecule has 1 rings (SSSR count). The lowest BCUT2D eigenvalue weighted by molar-refractivity contribution is -0.105. The van der Waals surface area contributed by atoms with Gasteiger partial charge in [-0.3, -0.25) is 4.79 Å². The van der Waals surface area contributed by atoms with E-state index in [0.29, 0.717) is 0 Å². The minimum absolute atomic E-state index is 0.775. The standard InChI is InChI=1S/C16H22O/c1-3-5-11-15(4-2)16(13-17)12-14-9-7-6-8-10-14/h6-10,13H,3-5,11-12H2,1-2H3/b16-15-. The minimum Gasteiger partial charge on any atom is -0.298 e. The Morgan fingerprint density at radius 1 is 1.18 bits per heavy atom. The highest BCUT2D eigenvalue weighted by molar-refractivity contribution is 5.75. The Labute approximate surface area is 105 Å². The summed E-state index contributed by atoms with van der Waals surface area (Å²) in [6, 6.07) is 10.2. The molecule has 1 aromatic carbocycles. The lowest BCUT2D eigenvalue weighted by atomic mass is 9.96. The predicted octanol–water partition coefficient (Wildman–Crippen LogP) is 4.32. The molecule has 0 heterocycles. The second-order valence-electron chi connectivity index (χ2n) is 4.37. The Morgan fingerprint density at radius 2 is 1.88 bits per heavy atom. The minimum atomic E-state index is 0.775. The molecule has 17 heavy (non-hydrogen) atoms. The summed E-state index contributed by atoms with van der Waals surface area (Å²) in [5.41, 5.74) is 3.52. The van der Waals surface area contributed by atoms with Gasteiger partial charge in [-0.25, -0.2) is 0 Å². The molecule has 0 saturated carbocycles. The van der Waals surface area contributed by atoms with E-state index in [-0.39, 0.29) is 0 Å². The number of carbonyl (C=O) groups is 1. The molecule has 92 valence electrons. The molecule has 0 aliphatic rings. The third-order valence-corrected chi connectivity index (χ3v) is 3.09. The number of unbranched alkanes of at least 4 members (excludes halogenated alkanes) is 1. The number of rotatable bonds is 7. The Morgan fingerprint density at radius 3 is 2.41 bits per heavy atom. The second kappa shape index (κ2) is 7.83. The van der Waals surface area contributed by atoms with E-state index in [9.17, 15) is 4.79 Å². The fourth-order valence-corrected chi connectivity index (χ4v) is 2.02. The molecule has 0 aliphatic heterocycles. The zero-order chi connectivity index (χ0) is 12.5. The summed E-state index contributed by atoms with van der Waals surface area (Å²) in [6.45, 7) is 4.32. The van der Waals surface area contributed by atoms with Crippen molar-refractivity contribution in [2.45, 2.75) is 46.0 Å². The van der Waals surface area contributed by atoms with E-state index in [1.807, 2.05) is 18.2 Å². The average molecular weight is 230 g/mol. The summed E-state index contributed by atoms with van der Waals surface area (Å²) in [5, 5.41) is 0. The maximum Gasteiger partial charge on any atom is 0.146 e. The molecule has 0 spiro atoms. The first-order valence-corrected chi connectivity index (χ1v) is 6.51. The molecule has 0 bridgehead atoms. The zero-order valence-corrected chi connectivity index (χ0v) is 10.9. The van der Waals surface area contributed by atoms with Gasteiger partial charge in [0.1, 0.15) is 6.29 Å². The van der Waals surface area contributed by atoms with Crippen LogP contribution < -0.4 is 0 Å². The molecule has 1 nitrogen and oxygen atoms in total. The van der Waals surface area contributed by atoms with E-state index in [4.69, 9.17) is 0 Å². The maximum absolute atomic E-state index is 11.2. The maximum atomic E-state index is 11.2. The number of aldehydes is 1. The molecule has 1 aromatic rings. The van der Waals surface area contributed by atoms with Crippen molar-refractivity contribution in [2.24, 2.45) is 0 Å². The van der Waals surface area contributed by atoms with Crippen molar-refractivity contribution in [3.8, 4) is 0 Å². The predicted molar refractivity (Wildman–Crippen MR) is 73.1 cm³/mol. The zero-order valence-electron chi connectivity index (χ0n) is 10.9. The number of hydrogen-bond donors (Lipinski definition) is 0. The quantitative estimate of drug-likeness (QED) is 0.503. The number of hydrogen-bond acceptors (Lipinski definition) is 1. The lowest BCUT2D eigenvalue weighted by Gasteiger charge is -2.09. The topological polar surface area (TPSA) is 17.1 Å². The summed E-state index contributed by atoms with van der Waals surface area (Å²) in [6.07, 6.45) is 6.23. The Hall–Kier alpha value is -1.37. The molecule has 0 aromatic heterocycles. The molecule has 0 aliphatic carbocycles. The van der Waals surface area contributed by atoms with Crippen LogP contribution in [0.1, 0.15) is 45.1 Å². The first kappa shape index (κ1) is 13.7. The Kier molecular flexibility index (Phi) is 6.31.